The van der Waals surface area contributed by atoms with Crippen molar-refractivity contribution in [2.45, 2.75) is 84.5 Å². The van der Waals surface area contributed by atoms with E-state index in [9.17, 15) is 5.11 Å². The third kappa shape index (κ3) is 7.61. The molecule has 0 radical (unpaired) electrons. The zero-order valence-electron chi connectivity index (χ0n) is 13.9. The van der Waals surface area contributed by atoms with Crippen molar-refractivity contribution in [3.63, 3.8) is 0 Å². The standard InChI is InChI=1S/C17H35NO2/c1-13(2)10-15(4)20-12-16(19)11-18-17-9-7-5-6-8-14(17)3/h13-19H,5-12H2,1-4H3. The van der Waals surface area contributed by atoms with Gasteiger partial charge in [-0.3, -0.25) is 0 Å². The summed E-state index contributed by atoms with van der Waals surface area (Å²) in [5, 5.41) is 13.6. The second-order valence-electron chi connectivity index (χ2n) is 7.06. The van der Waals surface area contributed by atoms with Crippen LogP contribution in [0.3, 0.4) is 0 Å². The maximum absolute atomic E-state index is 10.0. The summed E-state index contributed by atoms with van der Waals surface area (Å²) in [7, 11) is 0. The van der Waals surface area contributed by atoms with Crippen molar-refractivity contribution < 1.29 is 9.84 Å². The lowest BCUT2D eigenvalue weighted by molar-refractivity contribution is -0.00983. The fourth-order valence-corrected chi connectivity index (χ4v) is 3.15. The van der Waals surface area contributed by atoms with Crippen molar-refractivity contribution in [3.05, 3.63) is 0 Å². The normalized spacial score (nSPS) is 27.3. The molecule has 1 fully saturated rings. The number of hydrogen-bond acceptors (Lipinski definition) is 3. The molecule has 3 nitrogen and oxygen atoms in total. The van der Waals surface area contributed by atoms with Crippen LogP contribution in [0.15, 0.2) is 0 Å². The molecule has 0 spiro atoms. The van der Waals surface area contributed by atoms with E-state index in [-0.39, 0.29) is 12.2 Å². The summed E-state index contributed by atoms with van der Waals surface area (Å²) in [5.74, 6) is 1.37. The maximum Gasteiger partial charge on any atom is 0.0897 e. The molecule has 1 saturated carbocycles. The minimum absolute atomic E-state index is 0.237. The highest BCUT2D eigenvalue weighted by atomic mass is 16.5. The third-order valence-corrected chi connectivity index (χ3v) is 4.35. The molecule has 4 atom stereocenters. The van der Waals surface area contributed by atoms with Gasteiger partial charge in [-0.2, -0.15) is 0 Å². The predicted molar refractivity (Wildman–Crippen MR) is 84.9 cm³/mol. The van der Waals surface area contributed by atoms with Gasteiger partial charge < -0.3 is 15.2 Å². The fourth-order valence-electron chi connectivity index (χ4n) is 3.15. The summed E-state index contributed by atoms with van der Waals surface area (Å²) in [5.41, 5.74) is 0. The first kappa shape index (κ1) is 17.9. The molecule has 4 unspecified atom stereocenters. The van der Waals surface area contributed by atoms with Crippen LogP contribution >= 0.6 is 0 Å². The SMILES string of the molecule is CC(C)CC(C)OCC(O)CNC1CCCCCC1C. The van der Waals surface area contributed by atoms with E-state index in [1.807, 2.05) is 0 Å². The first-order chi connectivity index (χ1) is 9.49. The molecule has 3 heteroatoms. The van der Waals surface area contributed by atoms with Crippen molar-refractivity contribution in [3.8, 4) is 0 Å². The molecule has 1 rings (SSSR count). The van der Waals surface area contributed by atoms with E-state index < -0.39 is 0 Å². The Morgan fingerprint density at radius 3 is 2.55 bits per heavy atom. The highest BCUT2D eigenvalue weighted by Gasteiger charge is 2.20. The molecule has 1 aliphatic carbocycles. The van der Waals surface area contributed by atoms with Gasteiger partial charge in [0.05, 0.1) is 18.8 Å². The molecule has 0 bridgehead atoms. The molecule has 0 saturated heterocycles. The molecular weight excluding hydrogens is 250 g/mol. The summed E-state index contributed by atoms with van der Waals surface area (Å²) in [6.07, 6.45) is 7.51. The van der Waals surface area contributed by atoms with Gasteiger partial charge in [0.15, 0.2) is 0 Å². The number of rotatable bonds is 8. The van der Waals surface area contributed by atoms with E-state index in [0.717, 1.165) is 12.3 Å². The van der Waals surface area contributed by atoms with Crippen LogP contribution in [-0.2, 0) is 4.74 Å². The Balaban J connectivity index is 2.16. The lowest BCUT2D eigenvalue weighted by atomic mass is 9.97. The van der Waals surface area contributed by atoms with Crippen LogP contribution in [0.1, 0.15) is 66.2 Å². The average Bonchev–Trinajstić information content (AvgIpc) is 2.58. The second-order valence-corrected chi connectivity index (χ2v) is 7.06. The van der Waals surface area contributed by atoms with Gasteiger partial charge in [-0.1, -0.05) is 40.0 Å². The summed E-state index contributed by atoms with van der Waals surface area (Å²) >= 11 is 0. The van der Waals surface area contributed by atoms with Crippen LogP contribution in [0, 0.1) is 11.8 Å². The van der Waals surface area contributed by atoms with E-state index in [1.165, 1.54) is 32.1 Å². The Labute approximate surface area is 125 Å². The minimum atomic E-state index is -0.389. The van der Waals surface area contributed by atoms with E-state index in [0.29, 0.717) is 25.1 Å². The largest absolute Gasteiger partial charge is 0.389 e. The topological polar surface area (TPSA) is 41.5 Å². The van der Waals surface area contributed by atoms with Crippen molar-refractivity contribution in [1.29, 1.82) is 0 Å². The third-order valence-electron chi connectivity index (χ3n) is 4.35. The van der Waals surface area contributed by atoms with Crippen molar-refractivity contribution in [2.75, 3.05) is 13.2 Å². The Morgan fingerprint density at radius 1 is 1.15 bits per heavy atom. The van der Waals surface area contributed by atoms with Gasteiger partial charge in [0, 0.05) is 12.6 Å². The van der Waals surface area contributed by atoms with E-state index in [1.54, 1.807) is 0 Å². The van der Waals surface area contributed by atoms with Gasteiger partial charge in [-0.05, 0) is 38.0 Å². The molecule has 0 aromatic rings. The quantitative estimate of drug-likeness (QED) is 0.672. The highest BCUT2D eigenvalue weighted by molar-refractivity contribution is 4.77. The summed E-state index contributed by atoms with van der Waals surface area (Å²) in [6.45, 7) is 9.92. The first-order valence-electron chi connectivity index (χ1n) is 8.52. The van der Waals surface area contributed by atoms with Crippen molar-refractivity contribution in [2.24, 2.45) is 11.8 Å². The first-order valence-corrected chi connectivity index (χ1v) is 8.52. The monoisotopic (exact) mass is 285 g/mol. The smallest absolute Gasteiger partial charge is 0.0897 e. The van der Waals surface area contributed by atoms with Gasteiger partial charge in [0.1, 0.15) is 0 Å². The molecule has 0 amide bonds. The average molecular weight is 285 g/mol. The van der Waals surface area contributed by atoms with E-state index in [4.69, 9.17) is 4.74 Å². The Hall–Kier alpha value is -0.120. The Kier molecular flexibility index (Phi) is 8.74. The number of hydrogen-bond donors (Lipinski definition) is 2. The summed E-state index contributed by atoms with van der Waals surface area (Å²) in [6, 6.07) is 0.570. The molecule has 1 aliphatic rings. The van der Waals surface area contributed by atoms with Crippen LogP contribution in [0.2, 0.25) is 0 Å². The summed E-state index contributed by atoms with van der Waals surface area (Å²) < 4.78 is 5.72. The van der Waals surface area contributed by atoms with Gasteiger partial charge >= 0.3 is 0 Å². The Bertz CT molecular complexity index is 245. The fraction of sp³-hybridized carbons (Fsp3) is 1.00. The molecule has 0 aliphatic heterocycles. The molecular formula is C17H35NO2. The zero-order valence-corrected chi connectivity index (χ0v) is 13.9. The minimum Gasteiger partial charge on any atom is -0.389 e. The van der Waals surface area contributed by atoms with Gasteiger partial charge in [0.2, 0.25) is 0 Å². The van der Waals surface area contributed by atoms with E-state index in [2.05, 4.69) is 33.0 Å². The zero-order chi connectivity index (χ0) is 15.0. The van der Waals surface area contributed by atoms with Gasteiger partial charge in [-0.15, -0.1) is 0 Å². The number of nitrogens with one attached hydrogen (secondary N) is 1. The lowest BCUT2D eigenvalue weighted by Gasteiger charge is -2.25. The Morgan fingerprint density at radius 2 is 1.85 bits per heavy atom. The van der Waals surface area contributed by atoms with Crippen LogP contribution in [-0.4, -0.2) is 36.5 Å². The predicted octanol–water partition coefficient (Wildman–Crippen LogP) is 3.36. The second kappa shape index (κ2) is 9.75. The van der Waals surface area contributed by atoms with E-state index >= 15 is 0 Å². The highest BCUT2D eigenvalue weighted by Crippen LogP contribution is 2.22. The lowest BCUT2D eigenvalue weighted by Crippen LogP contribution is -2.40. The molecule has 0 aromatic heterocycles. The van der Waals surface area contributed by atoms with Gasteiger partial charge in [0.25, 0.3) is 0 Å². The number of aliphatic hydroxyl groups is 1. The molecule has 2 N–H and O–H groups in total. The maximum atomic E-state index is 10.0. The molecule has 120 valence electrons. The van der Waals surface area contributed by atoms with Crippen molar-refractivity contribution in [1.82, 2.24) is 5.32 Å². The van der Waals surface area contributed by atoms with Gasteiger partial charge in [-0.25, -0.2) is 0 Å². The molecule has 20 heavy (non-hydrogen) atoms. The molecule has 0 aromatic carbocycles. The number of aliphatic hydroxyl groups excluding tert-OH is 1. The molecule has 0 heterocycles. The number of ether oxygens (including phenoxy) is 1. The summed E-state index contributed by atoms with van der Waals surface area (Å²) in [4.78, 5) is 0. The van der Waals surface area contributed by atoms with Crippen LogP contribution in [0.5, 0.6) is 0 Å². The van der Waals surface area contributed by atoms with Crippen LogP contribution in [0.4, 0.5) is 0 Å². The van der Waals surface area contributed by atoms with Crippen LogP contribution in [0.25, 0.3) is 0 Å². The van der Waals surface area contributed by atoms with Crippen LogP contribution < -0.4 is 5.32 Å². The van der Waals surface area contributed by atoms with Crippen molar-refractivity contribution >= 4 is 0 Å².